The second kappa shape index (κ2) is 6.04. The molecule has 0 spiro atoms. The van der Waals surface area contributed by atoms with Gasteiger partial charge in [0.15, 0.2) is 0 Å². The maximum atomic E-state index is 8.77. The molecule has 0 saturated carbocycles. The van der Waals surface area contributed by atoms with E-state index in [2.05, 4.69) is 10.3 Å². The van der Waals surface area contributed by atoms with Crippen LogP contribution in [-0.2, 0) is 6.42 Å². The minimum absolute atomic E-state index is 0.473. The molecule has 1 aromatic heterocycles. The Hall–Kier alpha value is -2.05. The van der Waals surface area contributed by atoms with E-state index < -0.39 is 0 Å². The third-order valence-corrected chi connectivity index (χ3v) is 2.84. The summed E-state index contributed by atoms with van der Waals surface area (Å²) in [5.74, 6) is 0. The van der Waals surface area contributed by atoms with Crippen LogP contribution in [0.4, 0.5) is 5.69 Å². The van der Waals surface area contributed by atoms with Crippen LogP contribution in [0.3, 0.4) is 0 Å². The largest absolute Gasteiger partial charge is 0.385 e. The molecule has 0 aliphatic carbocycles. The minimum Gasteiger partial charge on any atom is -0.385 e. The van der Waals surface area contributed by atoms with Crippen molar-refractivity contribution in [1.82, 2.24) is 4.98 Å². The highest BCUT2D eigenvalue weighted by Gasteiger charge is 2.00. The lowest BCUT2D eigenvalue weighted by Crippen LogP contribution is -2.05. The van der Waals surface area contributed by atoms with Gasteiger partial charge in [-0.15, -0.1) is 0 Å². The second-order valence-electron chi connectivity index (χ2n) is 3.80. The monoisotopic (exact) mass is 257 g/mol. The van der Waals surface area contributed by atoms with Crippen molar-refractivity contribution in [3.8, 4) is 6.07 Å². The highest BCUT2D eigenvalue weighted by molar-refractivity contribution is 6.32. The Bertz CT molecular complexity index is 561. The lowest BCUT2D eigenvalue weighted by atomic mass is 10.2. The molecule has 0 atom stereocenters. The summed E-state index contributed by atoms with van der Waals surface area (Å²) < 4.78 is 0. The molecule has 0 saturated heterocycles. The van der Waals surface area contributed by atoms with Crippen molar-refractivity contribution in [3.63, 3.8) is 0 Å². The summed E-state index contributed by atoms with van der Waals surface area (Å²) in [4.78, 5) is 4.25. The molecule has 18 heavy (non-hydrogen) atoms. The summed E-state index contributed by atoms with van der Waals surface area (Å²) in [7, 11) is 0. The first-order chi connectivity index (χ1) is 8.79. The highest BCUT2D eigenvalue weighted by Crippen LogP contribution is 2.20. The summed E-state index contributed by atoms with van der Waals surface area (Å²) in [5.41, 5.74) is 2.45. The number of benzene rings is 1. The van der Waals surface area contributed by atoms with Crippen LogP contribution in [0.1, 0.15) is 11.3 Å². The predicted octanol–water partition coefficient (Wildman–Crippen LogP) is 3.26. The SMILES string of the molecule is N#Cc1ccc(NCCc2ccccn2)cc1Cl. The van der Waals surface area contributed by atoms with Crippen molar-refractivity contribution in [1.29, 1.82) is 5.26 Å². The van der Waals surface area contributed by atoms with E-state index >= 15 is 0 Å². The van der Waals surface area contributed by atoms with Crippen LogP contribution in [0.15, 0.2) is 42.6 Å². The van der Waals surface area contributed by atoms with Crippen LogP contribution < -0.4 is 5.32 Å². The van der Waals surface area contributed by atoms with Crippen molar-refractivity contribution in [2.45, 2.75) is 6.42 Å². The van der Waals surface area contributed by atoms with E-state index in [1.807, 2.05) is 30.3 Å². The molecule has 3 nitrogen and oxygen atoms in total. The molecule has 0 amide bonds. The van der Waals surface area contributed by atoms with Gasteiger partial charge in [0.2, 0.25) is 0 Å². The first-order valence-corrected chi connectivity index (χ1v) is 6.01. The molecule has 0 radical (unpaired) electrons. The van der Waals surface area contributed by atoms with Crippen LogP contribution in [0.5, 0.6) is 0 Å². The van der Waals surface area contributed by atoms with Crippen LogP contribution >= 0.6 is 11.6 Å². The Morgan fingerprint density at radius 3 is 2.83 bits per heavy atom. The topological polar surface area (TPSA) is 48.7 Å². The summed E-state index contributed by atoms with van der Waals surface area (Å²) in [6.07, 6.45) is 2.63. The molecule has 0 fully saturated rings. The summed E-state index contributed by atoms with van der Waals surface area (Å²) in [6, 6.07) is 13.2. The van der Waals surface area contributed by atoms with Gasteiger partial charge < -0.3 is 5.32 Å². The number of aromatic nitrogens is 1. The summed E-state index contributed by atoms with van der Waals surface area (Å²) >= 11 is 5.95. The zero-order valence-corrected chi connectivity index (χ0v) is 10.5. The van der Waals surface area contributed by atoms with Gasteiger partial charge in [-0.2, -0.15) is 5.26 Å². The van der Waals surface area contributed by atoms with E-state index in [1.165, 1.54) is 0 Å². The average molecular weight is 258 g/mol. The number of nitrogens with one attached hydrogen (secondary N) is 1. The smallest absolute Gasteiger partial charge is 0.101 e. The summed E-state index contributed by atoms with van der Waals surface area (Å²) in [6.45, 7) is 0.777. The van der Waals surface area contributed by atoms with Gasteiger partial charge in [0.1, 0.15) is 6.07 Å². The van der Waals surface area contributed by atoms with Crippen molar-refractivity contribution in [2.75, 3.05) is 11.9 Å². The number of pyridine rings is 1. The molecular weight excluding hydrogens is 246 g/mol. The molecule has 2 rings (SSSR count). The normalized spacial score (nSPS) is 9.78. The number of halogens is 1. The van der Waals surface area contributed by atoms with Crippen LogP contribution in [-0.4, -0.2) is 11.5 Å². The van der Waals surface area contributed by atoms with Gasteiger partial charge in [-0.1, -0.05) is 17.7 Å². The lowest BCUT2D eigenvalue weighted by Gasteiger charge is -2.06. The van der Waals surface area contributed by atoms with E-state index in [9.17, 15) is 0 Å². The van der Waals surface area contributed by atoms with Gasteiger partial charge in [-0.3, -0.25) is 4.98 Å². The molecule has 90 valence electrons. The molecule has 1 aromatic carbocycles. The third-order valence-electron chi connectivity index (χ3n) is 2.53. The maximum absolute atomic E-state index is 8.77. The Morgan fingerprint density at radius 2 is 2.17 bits per heavy atom. The third kappa shape index (κ3) is 3.22. The molecule has 1 N–H and O–H groups in total. The van der Waals surface area contributed by atoms with Crippen molar-refractivity contribution in [3.05, 3.63) is 58.9 Å². The molecule has 4 heteroatoms. The lowest BCUT2D eigenvalue weighted by molar-refractivity contribution is 0.961. The van der Waals surface area contributed by atoms with Gasteiger partial charge in [-0.05, 0) is 30.3 Å². The molecule has 1 heterocycles. The number of nitrogens with zero attached hydrogens (tertiary/aromatic N) is 2. The number of hydrogen-bond acceptors (Lipinski definition) is 3. The average Bonchev–Trinajstić information content (AvgIpc) is 2.40. The Labute approximate surface area is 111 Å². The molecule has 0 bridgehead atoms. The van der Waals surface area contributed by atoms with E-state index in [0.29, 0.717) is 10.6 Å². The van der Waals surface area contributed by atoms with Crippen LogP contribution in [0.25, 0.3) is 0 Å². The Kier molecular flexibility index (Phi) is 4.16. The minimum atomic E-state index is 0.473. The van der Waals surface area contributed by atoms with E-state index in [-0.39, 0.29) is 0 Å². The quantitative estimate of drug-likeness (QED) is 0.915. The van der Waals surface area contributed by atoms with Gasteiger partial charge in [0, 0.05) is 30.5 Å². The number of hydrogen-bond donors (Lipinski definition) is 1. The maximum Gasteiger partial charge on any atom is 0.101 e. The fourth-order valence-electron chi connectivity index (χ4n) is 1.60. The van der Waals surface area contributed by atoms with E-state index in [4.69, 9.17) is 16.9 Å². The van der Waals surface area contributed by atoms with Crippen molar-refractivity contribution < 1.29 is 0 Å². The van der Waals surface area contributed by atoms with Crippen LogP contribution in [0, 0.1) is 11.3 Å². The van der Waals surface area contributed by atoms with E-state index in [0.717, 1.165) is 24.3 Å². The highest BCUT2D eigenvalue weighted by atomic mass is 35.5. The molecule has 0 aliphatic rings. The van der Waals surface area contributed by atoms with E-state index in [1.54, 1.807) is 18.3 Å². The van der Waals surface area contributed by atoms with Gasteiger partial charge >= 0.3 is 0 Å². The summed E-state index contributed by atoms with van der Waals surface area (Å²) in [5, 5.41) is 12.5. The standard InChI is InChI=1S/C14H12ClN3/c15-14-9-13(5-4-11(14)10-16)18-8-6-12-3-1-2-7-17-12/h1-5,7,9,18H,6,8H2. The molecular formula is C14H12ClN3. The predicted molar refractivity (Wildman–Crippen MR) is 72.6 cm³/mol. The zero-order valence-electron chi connectivity index (χ0n) is 9.73. The number of anilines is 1. The zero-order chi connectivity index (χ0) is 12.8. The molecule has 0 aliphatic heterocycles. The van der Waals surface area contributed by atoms with Gasteiger partial charge in [0.25, 0.3) is 0 Å². The van der Waals surface area contributed by atoms with Gasteiger partial charge in [-0.25, -0.2) is 0 Å². The number of nitriles is 1. The molecule has 0 unspecified atom stereocenters. The fourth-order valence-corrected chi connectivity index (χ4v) is 1.82. The Morgan fingerprint density at radius 1 is 1.28 bits per heavy atom. The number of rotatable bonds is 4. The van der Waals surface area contributed by atoms with Crippen molar-refractivity contribution in [2.24, 2.45) is 0 Å². The molecule has 2 aromatic rings. The van der Waals surface area contributed by atoms with Crippen molar-refractivity contribution >= 4 is 17.3 Å². The van der Waals surface area contributed by atoms with Crippen LogP contribution in [0.2, 0.25) is 5.02 Å². The Balaban J connectivity index is 1.91. The first-order valence-electron chi connectivity index (χ1n) is 5.63. The van der Waals surface area contributed by atoms with Gasteiger partial charge in [0.05, 0.1) is 10.6 Å². The first kappa shape index (κ1) is 12.4. The fraction of sp³-hybridized carbons (Fsp3) is 0.143. The second-order valence-corrected chi connectivity index (χ2v) is 4.21.